The zero-order chi connectivity index (χ0) is 18.5. The molecule has 0 spiro atoms. The first-order valence-corrected chi connectivity index (χ1v) is 8.13. The van der Waals surface area contributed by atoms with Gasteiger partial charge in [-0.25, -0.2) is 4.39 Å². The van der Waals surface area contributed by atoms with Crippen LogP contribution >= 0.6 is 23.2 Å². The second-order valence-corrected chi connectivity index (χ2v) is 7.12. The lowest BCUT2D eigenvalue weighted by Gasteiger charge is -2.20. The van der Waals surface area contributed by atoms with Gasteiger partial charge in [-0.15, -0.1) is 0 Å². The van der Waals surface area contributed by atoms with Crippen LogP contribution in [0.3, 0.4) is 0 Å². The molecule has 8 heteroatoms. The van der Waals surface area contributed by atoms with E-state index in [1.54, 1.807) is 20.8 Å². The molecule has 134 valence electrons. The van der Waals surface area contributed by atoms with E-state index in [0.717, 1.165) is 6.07 Å². The second kappa shape index (κ2) is 8.65. The van der Waals surface area contributed by atoms with E-state index in [1.165, 1.54) is 6.07 Å². The van der Waals surface area contributed by atoms with Crippen LogP contribution in [0.2, 0.25) is 10.0 Å². The zero-order valence-corrected chi connectivity index (χ0v) is 15.3. The van der Waals surface area contributed by atoms with Gasteiger partial charge in [0.1, 0.15) is 11.4 Å². The first-order valence-electron chi connectivity index (χ1n) is 7.38. The molecule has 0 aliphatic rings. The number of rotatable bonds is 6. The number of carbonyl (C=O) groups excluding carboxylic acids is 2. The minimum Gasteiger partial charge on any atom is -0.460 e. The van der Waals surface area contributed by atoms with Crippen molar-refractivity contribution in [3.63, 3.8) is 0 Å². The summed E-state index contributed by atoms with van der Waals surface area (Å²) >= 11 is 11.5. The normalized spacial score (nSPS) is 12.6. The lowest BCUT2D eigenvalue weighted by atomic mass is 10.1. The first-order chi connectivity index (χ1) is 11.0. The minimum absolute atomic E-state index is 0.0208. The molecule has 1 atom stereocenters. The van der Waals surface area contributed by atoms with Gasteiger partial charge >= 0.3 is 5.97 Å². The Morgan fingerprint density at radius 3 is 2.46 bits per heavy atom. The highest BCUT2D eigenvalue weighted by Crippen LogP contribution is 2.25. The van der Waals surface area contributed by atoms with E-state index in [1.807, 2.05) is 0 Å². The van der Waals surface area contributed by atoms with Gasteiger partial charge in [-0.3, -0.25) is 9.59 Å². The van der Waals surface area contributed by atoms with Crippen molar-refractivity contribution in [3.05, 3.63) is 33.6 Å². The van der Waals surface area contributed by atoms with E-state index in [9.17, 15) is 14.0 Å². The highest BCUT2D eigenvalue weighted by molar-refractivity contribution is 6.42. The predicted molar refractivity (Wildman–Crippen MR) is 91.3 cm³/mol. The average molecular weight is 379 g/mol. The van der Waals surface area contributed by atoms with Gasteiger partial charge in [-0.2, -0.15) is 0 Å². The molecule has 24 heavy (non-hydrogen) atoms. The molecule has 0 aliphatic heterocycles. The highest BCUT2D eigenvalue weighted by atomic mass is 35.5. The number of esters is 1. The second-order valence-electron chi connectivity index (χ2n) is 6.31. The number of halogens is 3. The van der Waals surface area contributed by atoms with Gasteiger partial charge in [0.2, 0.25) is 5.91 Å². The van der Waals surface area contributed by atoms with Crippen molar-refractivity contribution >= 4 is 35.1 Å². The molecule has 0 radical (unpaired) electrons. The third-order valence-electron chi connectivity index (χ3n) is 2.96. The molecule has 1 aromatic carbocycles. The van der Waals surface area contributed by atoms with Gasteiger partial charge in [0.25, 0.3) is 0 Å². The van der Waals surface area contributed by atoms with Crippen LogP contribution in [0.25, 0.3) is 0 Å². The summed E-state index contributed by atoms with van der Waals surface area (Å²) in [5.41, 5.74) is 5.33. The van der Waals surface area contributed by atoms with Crippen LogP contribution in [0, 0.1) is 5.82 Å². The molecule has 3 N–H and O–H groups in total. The molecule has 0 saturated carbocycles. The van der Waals surface area contributed by atoms with Gasteiger partial charge in [-0.1, -0.05) is 23.2 Å². The summed E-state index contributed by atoms with van der Waals surface area (Å²) in [7, 11) is 0. The summed E-state index contributed by atoms with van der Waals surface area (Å²) in [5, 5.41) is 2.79. The Kier molecular flexibility index (Phi) is 7.45. The number of amides is 1. The quantitative estimate of drug-likeness (QED) is 0.588. The molecule has 5 nitrogen and oxygen atoms in total. The summed E-state index contributed by atoms with van der Waals surface area (Å²) in [5.74, 6) is -1.50. The maximum absolute atomic E-state index is 13.7. The molecular weight excluding hydrogens is 358 g/mol. The van der Waals surface area contributed by atoms with Gasteiger partial charge in [0.15, 0.2) is 0 Å². The summed E-state index contributed by atoms with van der Waals surface area (Å²) < 4.78 is 18.8. The van der Waals surface area contributed by atoms with Crippen molar-refractivity contribution in [1.29, 1.82) is 0 Å². The SMILES string of the molecule is CC(C)(C)OC(=O)CC[C@@H](N)C(=O)NCc1cc(Cl)c(Cl)cc1F. The highest BCUT2D eigenvalue weighted by Gasteiger charge is 2.20. The molecule has 0 heterocycles. The van der Waals surface area contributed by atoms with E-state index in [4.69, 9.17) is 33.7 Å². The third-order valence-corrected chi connectivity index (χ3v) is 3.68. The first kappa shape index (κ1) is 20.7. The fourth-order valence-corrected chi connectivity index (χ4v) is 2.15. The number of nitrogens with two attached hydrogens (primary N) is 1. The van der Waals surface area contributed by atoms with Crippen molar-refractivity contribution in [2.24, 2.45) is 5.73 Å². The predicted octanol–water partition coefficient (Wildman–Crippen LogP) is 3.20. The minimum atomic E-state index is -0.900. The van der Waals surface area contributed by atoms with Crippen molar-refractivity contribution in [2.45, 2.75) is 51.8 Å². The average Bonchev–Trinajstić information content (AvgIpc) is 2.45. The maximum Gasteiger partial charge on any atom is 0.306 e. The largest absolute Gasteiger partial charge is 0.460 e. The number of hydrogen-bond acceptors (Lipinski definition) is 4. The van der Waals surface area contributed by atoms with E-state index in [-0.39, 0.29) is 35.0 Å². The standard InChI is InChI=1S/C16H21Cl2FN2O3/c1-16(2,3)24-14(22)5-4-13(20)15(23)21-8-9-6-10(17)11(18)7-12(9)19/h6-7,13H,4-5,8,20H2,1-3H3,(H,21,23)/t13-/m1/s1. The molecule has 1 rings (SSSR count). The third kappa shape index (κ3) is 7.03. The van der Waals surface area contributed by atoms with Crippen molar-refractivity contribution in [1.82, 2.24) is 5.32 Å². The fourth-order valence-electron chi connectivity index (χ4n) is 1.81. The Bertz CT molecular complexity index is 618. The lowest BCUT2D eigenvalue weighted by molar-refractivity contribution is -0.155. The number of ether oxygens (including phenoxy) is 1. The van der Waals surface area contributed by atoms with E-state index in [0.29, 0.717) is 0 Å². The van der Waals surface area contributed by atoms with Crippen LogP contribution in [-0.4, -0.2) is 23.5 Å². The Hall–Kier alpha value is -1.37. The van der Waals surface area contributed by atoms with Crippen molar-refractivity contribution < 1.29 is 18.7 Å². The van der Waals surface area contributed by atoms with Crippen LogP contribution in [-0.2, 0) is 20.9 Å². The monoisotopic (exact) mass is 378 g/mol. The van der Waals surface area contributed by atoms with Gasteiger partial charge in [0.05, 0.1) is 16.1 Å². The van der Waals surface area contributed by atoms with Gasteiger partial charge in [-0.05, 0) is 39.3 Å². The summed E-state index contributed by atoms with van der Waals surface area (Å²) in [6.07, 6.45) is 0.150. The van der Waals surface area contributed by atoms with Crippen LogP contribution in [0.4, 0.5) is 4.39 Å². The molecule has 0 aromatic heterocycles. The smallest absolute Gasteiger partial charge is 0.306 e. The summed E-state index contributed by atoms with van der Waals surface area (Å²) in [6, 6.07) is 1.52. The molecule has 1 aromatic rings. The summed E-state index contributed by atoms with van der Waals surface area (Å²) in [6.45, 7) is 5.18. The van der Waals surface area contributed by atoms with Crippen LogP contribution in [0.15, 0.2) is 12.1 Å². The number of hydrogen-bond donors (Lipinski definition) is 2. The molecule has 0 saturated heterocycles. The topological polar surface area (TPSA) is 81.4 Å². The number of nitrogens with one attached hydrogen (secondary N) is 1. The number of carbonyl (C=O) groups is 2. The van der Waals surface area contributed by atoms with Crippen LogP contribution in [0.1, 0.15) is 39.2 Å². The molecule has 1 amide bonds. The van der Waals surface area contributed by atoms with Gasteiger partial charge in [0, 0.05) is 18.5 Å². The lowest BCUT2D eigenvalue weighted by Crippen LogP contribution is -2.40. The van der Waals surface area contributed by atoms with E-state index >= 15 is 0 Å². The van der Waals surface area contributed by atoms with Crippen molar-refractivity contribution in [3.8, 4) is 0 Å². The molecule has 0 bridgehead atoms. The fraction of sp³-hybridized carbons (Fsp3) is 0.500. The molecule has 0 fully saturated rings. The Morgan fingerprint density at radius 2 is 1.88 bits per heavy atom. The number of benzene rings is 1. The van der Waals surface area contributed by atoms with E-state index < -0.39 is 29.3 Å². The van der Waals surface area contributed by atoms with Gasteiger partial charge < -0.3 is 15.8 Å². The van der Waals surface area contributed by atoms with Crippen molar-refractivity contribution in [2.75, 3.05) is 0 Å². The summed E-state index contributed by atoms with van der Waals surface area (Å²) in [4.78, 5) is 23.5. The van der Waals surface area contributed by atoms with Crippen LogP contribution < -0.4 is 11.1 Å². The molecular formula is C16H21Cl2FN2O3. The Morgan fingerprint density at radius 1 is 1.29 bits per heavy atom. The molecule has 0 unspecified atom stereocenters. The maximum atomic E-state index is 13.7. The van der Waals surface area contributed by atoms with Crippen LogP contribution in [0.5, 0.6) is 0 Å². The molecule has 0 aliphatic carbocycles. The Balaban J connectivity index is 2.48. The van der Waals surface area contributed by atoms with E-state index in [2.05, 4.69) is 5.32 Å². The zero-order valence-electron chi connectivity index (χ0n) is 13.8. The Labute approximate surface area is 150 Å².